The SMILES string of the molecule is CC(C)(C)c1ccc(C(=O)O)c(C(=O)O)c1C12CC3CC(CC(C3)C1)C2. The summed E-state index contributed by atoms with van der Waals surface area (Å²) in [5, 5.41) is 19.7. The lowest BCUT2D eigenvalue weighted by atomic mass is 9.46. The van der Waals surface area contributed by atoms with Crippen LogP contribution < -0.4 is 0 Å². The number of rotatable bonds is 3. The first-order valence-electron chi connectivity index (χ1n) is 9.75. The van der Waals surface area contributed by atoms with Crippen molar-refractivity contribution in [1.82, 2.24) is 0 Å². The van der Waals surface area contributed by atoms with Crippen LogP contribution in [0.4, 0.5) is 0 Å². The van der Waals surface area contributed by atoms with Crippen LogP contribution >= 0.6 is 0 Å². The lowest BCUT2D eigenvalue weighted by Crippen LogP contribution is -2.50. The maximum Gasteiger partial charge on any atom is 0.336 e. The Hall–Kier alpha value is -1.84. The molecular formula is C22H28O4. The molecular weight excluding hydrogens is 328 g/mol. The van der Waals surface area contributed by atoms with Crippen molar-refractivity contribution in [3.8, 4) is 0 Å². The number of benzene rings is 1. The first-order valence-corrected chi connectivity index (χ1v) is 9.75. The smallest absolute Gasteiger partial charge is 0.336 e. The van der Waals surface area contributed by atoms with Crippen molar-refractivity contribution < 1.29 is 19.8 Å². The molecule has 1 aromatic carbocycles. The molecule has 0 atom stereocenters. The Morgan fingerprint density at radius 3 is 1.81 bits per heavy atom. The zero-order valence-electron chi connectivity index (χ0n) is 15.8. The van der Waals surface area contributed by atoms with Gasteiger partial charge in [-0.1, -0.05) is 26.8 Å². The highest BCUT2D eigenvalue weighted by Gasteiger charge is 2.54. The summed E-state index contributed by atoms with van der Waals surface area (Å²) in [6, 6.07) is 3.38. The standard InChI is InChI=1S/C22H28O4/c1-21(2,3)16-5-4-15(19(23)24)17(20(25)26)18(16)22-9-12-6-13(10-22)8-14(7-12)11-22/h4-5,12-14H,6-11H2,1-3H3,(H,23,24)(H,25,26). The second kappa shape index (κ2) is 5.58. The largest absolute Gasteiger partial charge is 0.478 e. The topological polar surface area (TPSA) is 74.6 Å². The molecule has 4 aliphatic rings. The van der Waals surface area contributed by atoms with Gasteiger partial charge in [0.2, 0.25) is 0 Å². The molecule has 0 amide bonds. The van der Waals surface area contributed by atoms with Crippen molar-refractivity contribution >= 4 is 11.9 Å². The molecule has 4 heteroatoms. The van der Waals surface area contributed by atoms with E-state index in [1.807, 2.05) is 6.07 Å². The van der Waals surface area contributed by atoms with E-state index >= 15 is 0 Å². The highest BCUT2D eigenvalue weighted by molar-refractivity contribution is 6.03. The first-order chi connectivity index (χ1) is 12.1. The lowest BCUT2D eigenvalue weighted by molar-refractivity contribution is -0.00662. The van der Waals surface area contributed by atoms with Gasteiger partial charge in [-0.2, -0.15) is 0 Å². The summed E-state index contributed by atoms with van der Waals surface area (Å²) in [5.41, 5.74) is 1.47. The van der Waals surface area contributed by atoms with Crippen LogP contribution in [0, 0.1) is 17.8 Å². The number of carboxylic acids is 2. The molecule has 1 aromatic rings. The Labute approximate surface area is 154 Å². The van der Waals surface area contributed by atoms with E-state index in [-0.39, 0.29) is 22.0 Å². The third-order valence-electron chi connectivity index (χ3n) is 7.03. The Kier molecular flexibility index (Phi) is 3.77. The molecule has 26 heavy (non-hydrogen) atoms. The third-order valence-corrected chi connectivity index (χ3v) is 7.03. The molecule has 0 radical (unpaired) electrons. The summed E-state index contributed by atoms with van der Waals surface area (Å²) in [6.07, 6.45) is 6.86. The molecule has 2 N–H and O–H groups in total. The predicted molar refractivity (Wildman–Crippen MR) is 98.9 cm³/mol. The van der Waals surface area contributed by atoms with Crippen LogP contribution in [-0.2, 0) is 10.8 Å². The third kappa shape index (κ3) is 2.57. The van der Waals surface area contributed by atoms with Crippen LogP contribution in [0.15, 0.2) is 12.1 Å². The molecule has 4 nitrogen and oxygen atoms in total. The Morgan fingerprint density at radius 1 is 0.923 bits per heavy atom. The van der Waals surface area contributed by atoms with E-state index in [1.165, 1.54) is 25.3 Å². The number of carboxylic acid groups (broad SMARTS) is 2. The van der Waals surface area contributed by atoms with Crippen molar-refractivity contribution in [3.05, 3.63) is 34.4 Å². The number of hydrogen-bond donors (Lipinski definition) is 2. The Bertz CT molecular complexity index is 749. The lowest BCUT2D eigenvalue weighted by Gasteiger charge is -2.58. The first kappa shape index (κ1) is 17.6. The molecule has 0 aliphatic heterocycles. The summed E-state index contributed by atoms with van der Waals surface area (Å²) < 4.78 is 0. The fourth-order valence-electron chi connectivity index (χ4n) is 6.60. The molecule has 0 spiro atoms. The summed E-state index contributed by atoms with van der Waals surface area (Å²) in [6.45, 7) is 6.29. The van der Waals surface area contributed by atoms with Crippen molar-refractivity contribution in [1.29, 1.82) is 0 Å². The van der Waals surface area contributed by atoms with Gasteiger partial charge in [0, 0.05) is 0 Å². The van der Waals surface area contributed by atoms with Crippen LogP contribution in [0.2, 0.25) is 0 Å². The second-order valence-electron chi connectivity index (χ2n) is 9.97. The van der Waals surface area contributed by atoms with Gasteiger partial charge in [-0.05, 0) is 84.3 Å². The minimum atomic E-state index is -1.14. The van der Waals surface area contributed by atoms with E-state index in [9.17, 15) is 19.8 Å². The summed E-state index contributed by atoms with van der Waals surface area (Å²) in [7, 11) is 0. The van der Waals surface area contributed by atoms with Gasteiger partial charge in [0.05, 0.1) is 11.1 Å². The van der Waals surface area contributed by atoms with Crippen molar-refractivity contribution in [2.45, 2.75) is 70.1 Å². The second-order valence-corrected chi connectivity index (χ2v) is 9.97. The summed E-state index contributed by atoms with van der Waals surface area (Å²) >= 11 is 0. The molecule has 0 aromatic heterocycles. The van der Waals surface area contributed by atoms with Crippen LogP contribution in [-0.4, -0.2) is 22.2 Å². The van der Waals surface area contributed by atoms with Gasteiger partial charge < -0.3 is 10.2 Å². The Balaban J connectivity index is 2.01. The number of hydrogen-bond acceptors (Lipinski definition) is 2. The molecule has 0 saturated heterocycles. The van der Waals surface area contributed by atoms with Crippen molar-refractivity contribution in [3.63, 3.8) is 0 Å². The van der Waals surface area contributed by atoms with Crippen LogP contribution in [0.1, 0.15) is 91.1 Å². The van der Waals surface area contributed by atoms with Crippen LogP contribution in [0.25, 0.3) is 0 Å². The van der Waals surface area contributed by atoms with E-state index in [2.05, 4.69) is 20.8 Å². The fourth-order valence-corrected chi connectivity index (χ4v) is 6.60. The normalized spacial score (nSPS) is 32.7. The molecule has 0 unspecified atom stereocenters. The molecule has 4 fully saturated rings. The van der Waals surface area contributed by atoms with E-state index in [0.717, 1.165) is 30.4 Å². The molecule has 140 valence electrons. The van der Waals surface area contributed by atoms with Crippen LogP contribution in [0.5, 0.6) is 0 Å². The molecule has 4 aliphatic carbocycles. The molecule has 4 bridgehead atoms. The molecule has 0 heterocycles. The van der Waals surface area contributed by atoms with Gasteiger partial charge in [-0.25, -0.2) is 9.59 Å². The monoisotopic (exact) mass is 356 g/mol. The number of aromatic carboxylic acids is 2. The molecule has 5 rings (SSSR count). The minimum Gasteiger partial charge on any atom is -0.478 e. The van der Waals surface area contributed by atoms with Crippen molar-refractivity contribution in [2.24, 2.45) is 17.8 Å². The number of carbonyl (C=O) groups is 2. The average molecular weight is 356 g/mol. The minimum absolute atomic E-state index is 0.0480. The highest BCUT2D eigenvalue weighted by Crippen LogP contribution is 2.62. The zero-order chi connectivity index (χ0) is 18.9. The highest BCUT2D eigenvalue weighted by atomic mass is 16.4. The van der Waals surface area contributed by atoms with Crippen LogP contribution in [0.3, 0.4) is 0 Å². The van der Waals surface area contributed by atoms with Gasteiger partial charge in [-0.15, -0.1) is 0 Å². The van der Waals surface area contributed by atoms with E-state index in [0.29, 0.717) is 17.8 Å². The maximum absolute atomic E-state index is 12.3. The van der Waals surface area contributed by atoms with Crippen molar-refractivity contribution in [2.75, 3.05) is 0 Å². The quantitative estimate of drug-likeness (QED) is 0.812. The van der Waals surface area contributed by atoms with Gasteiger partial charge >= 0.3 is 11.9 Å². The fraction of sp³-hybridized carbons (Fsp3) is 0.636. The predicted octanol–water partition coefficient (Wildman–Crippen LogP) is 4.85. The average Bonchev–Trinajstić information content (AvgIpc) is 2.51. The van der Waals surface area contributed by atoms with Gasteiger partial charge in [0.25, 0.3) is 0 Å². The van der Waals surface area contributed by atoms with Gasteiger partial charge in [0.15, 0.2) is 0 Å². The van der Waals surface area contributed by atoms with Gasteiger partial charge in [0.1, 0.15) is 0 Å². The maximum atomic E-state index is 12.3. The molecule has 4 saturated carbocycles. The van der Waals surface area contributed by atoms with Gasteiger partial charge in [-0.3, -0.25) is 0 Å². The van der Waals surface area contributed by atoms with E-state index in [4.69, 9.17) is 0 Å². The summed E-state index contributed by atoms with van der Waals surface area (Å²) in [5.74, 6) is -0.231. The van der Waals surface area contributed by atoms with E-state index < -0.39 is 11.9 Å². The summed E-state index contributed by atoms with van der Waals surface area (Å²) in [4.78, 5) is 24.1. The Morgan fingerprint density at radius 2 is 1.42 bits per heavy atom. The van der Waals surface area contributed by atoms with E-state index in [1.54, 1.807) is 0 Å². The zero-order valence-corrected chi connectivity index (χ0v) is 15.8.